The number of hydrogen-bond donors (Lipinski definition) is 0. The van der Waals surface area contributed by atoms with Gasteiger partial charge in [-0.3, -0.25) is 0 Å². The molecular weight excluding hydrogens is 126 g/mol. The maximum absolute atomic E-state index is 5.26. The SMILES string of the molecule is c1cc2coc3c2nc1C3. The topological polar surface area (TPSA) is 26.0 Å². The van der Waals surface area contributed by atoms with Crippen LogP contribution in [0.5, 0.6) is 0 Å². The summed E-state index contributed by atoms with van der Waals surface area (Å²) in [4.78, 5) is 4.33. The lowest BCUT2D eigenvalue weighted by atomic mass is 10.3. The monoisotopic (exact) mass is 131 g/mol. The predicted molar refractivity (Wildman–Crippen MR) is 36.8 cm³/mol. The van der Waals surface area contributed by atoms with E-state index in [1.165, 1.54) is 0 Å². The van der Waals surface area contributed by atoms with Crippen LogP contribution in [-0.4, -0.2) is 4.98 Å². The Labute approximate surface area is 57.5 Å². The molecule has 2 heteroatoms. The number of fused-ring (bicyclic) bond motifs is 1. The van der Waals surface area contributed by atoms with Crippen LogP contribution in [0.3, 0.4) is 0 Å². The van der Waals surface area contributed by atoms with Crippen LogP contribution in [-0.2, 0) is 6.42 Å². The molecule has 2 bridgehead atoms. The van der Waals surface area contributed by atoms with E-state index in [4.69, 9.17) is 4.42 Å². The smallest absolute Gasteiger partial charge is 0.135 e. The van der Waals surface area contributed by atoms with E-state index in [0.29, 0.717) is 0 Å². The minimum Gasteiger partial charge on any atom is -0.466 e. The number of rotatable bonds is 0. The molecule has 48 valence electrons. The van der Waals surface area contributed by atoms with E-state index in [1.54, 1.807) is 6.26 Å². The molecule has 0 radical (unpaired) electrons. The maximum atomic E-state index is 5.26. The van der Waals surface area contributed by atoms with E-state index in [-0.39, 0.29) is 0 Å². The Kier molecular flexibility index (Phi) is 0.556. The first kappa shape index (κ1) is 4.50. The molecular formula is C8H5NO. The first-order valence-corrected chi connectivity index (χ1v) is 3.29. The summed E-state index contributed by atoms with van der Waals surface area (Å²) < 4.78 is 5.26. The van der Waals surface area contributed by atoms with Gasteiger partial charge in [0, 0.05) is 11.1 Å². The fourth-order valence-electron chi connectivity index (χ4n) is 1.41. The molecule has 2 aromatic rings. The van der Waals surface area contributed by atoms with Crippen LogP contribution in [0, 0.1) is 0 Å². The van der Waals surface area contributed by atoms with Crippen molar-refractivity contribution in [2.45, 2.75) is 6.42 Å². The van der Waals surface area contributed by atoms with Crippen molar-refractivity contribution in [3.8, 4) is 0 Å². The van der Waals surface area contributed by atoms with Gasteiger partial charge in [-0.05, 0) is 12.1 Å². The van der Waals surface area contributed by atoms with Crippen molar-refractivity contribution >= 4 is 10.9 Å². The fraction of sp³-hybridized carbons (Fsp3) is 0.125. The molecule has 2 aromatic heterocycles. The number of aromatic nitrogens is 1. The average Bonchev–Trinajstić information content (AvgIpc) is 2.38. The first-order valence-electron chi connectivity index (χ1n) is 3.29. The molecule has 0 aliphatic carbocycles. The lowest BCUT2D eigenvalue weighted by molar-refractivity contribution is 0.528. The summed E-state index contributed by atoms with van der Waals surface area (Å²) in [5, 5.41) is 1.12. The largest absolute Gasteiger partial charge is 0.466 e. The highest BCUT2D eigenvalue weighted by atomic mass is 16.3. The molecule has 0 fully saturated rings. The Balaban J connectivity index is 2.70. The molecule has 1 aliphatic rings. The summed E-state index contributed by atoms with van der Waals surface area (Å²) in [6, 6.07) is 4.10. The maximum Gasteiger partial charge on any atom is 0.135 e. The number of nitrogens with zero attached hydrogens (tertiary/aromatic N) is 1. The summed E-state index contributed by atoms with van der Waals surface area (Å²) in [6.07, 6.45) is 2.65. The van der Waals surface area contributed by atoms with Gasteiger partial charge in [0.05, 0.1) is 6.42 Å². The van der Waals surface area contributed by atoms with Crippen LogP contribution in [0.25, 0.3) is 10.9 Å². The van der Waals surface area contributed by atoms with Gasteiger partial charge in [-0.1, -0.05) is 0 Å². The third kappa shape index (κ3) is 0.355. The second kappa shape index (κ2) is 1.24. The summed E-state index contributed by atoms with van der Waals surface area (Å²) in [7, 11) is 0. The van der Waals surface area contributed by atoms with Crippen molar-refractivity contribution in [1.29, 1.82) is 0 Å². The molecule has 0 unspecified atom stereocenters. The fourth-order valence-corrected chi connectivity index (χ4v) is 1.41. The van der Waals surface area contributed by atoms with Gasteiger partial charge in [-0.25, -0.2) is 4.98 Å². The number of pyridine rings is 1. The summed E-state index contributed by atoms with van der Waals surface area (Å²) in [5.74, 6) is 1.02. The van der Waals surface area contributed by atoms with Gasteiger partial charge in [0.15, 0.2) is 0 Å². The lowest BCUT2D eigenvalue weighted by Gasteiger charge is -1.86. The number of hydrogen-bond acceptors (Lipinski definition) is 2. The van der Waals surface area contributed by atoms with Crippen molar-refractivity contribution in [3.63, 3.8) is 0 Å². The predicted octanol–water partition coefficient (Wildman–Crippen LogP) is 1.73. The molecule has 1 aliphatic heterocycles. The van der Waals surface area contributed by atoms with Crippen molar-refractivity contribution in [2.75, 3.05) is 0 Å². The van der Waals surface area contributed by atoms with Gasteiger partial charge in [0.1, 0.15) is 17.5 Å². The molecule has 0 atom stereocenters. The van der Waals surface area contributed by atoms with Crippen LogP contribution in [0.1, 0.15) is 11.5 Å². The highest BCUT2D eigenvalue weighted by Gasteiger charge is 2.15. The zero-order chi connectivity index (χ0) is 6.55. The van der Waals surface area contributed by atoms with E-state index in [9.17, 15) is 0 Å². The van der Waals surface area contributed by atoms with Crippen molar-refractivity contribution in [1.82, 2.24) is 4.98 Å². The summed E-state index contributed by atoms with van der Waals surface area (Å²) >= 11 is 0. The van der Waals surface area contributed by atoms with Gasteiger partial charge in [0.2, 0.25) is 0 Å². The molecule has 3 heterocycles. The summed E-state index contributed by atoms with van der Waals surface area (Å²) in [5.41, 5.74) is 2.18. The molecule has 0 saturated heterocycles. The third-order valence-corrected chi connectivity index (χ3v) is 1.92. The van der Waals surface area contributed by atoms with E-state index < -0.39 is 0 Å². The van der Waals surface area contributed by atoms with Crippen molar-refractivity contribution in [3.05, 3.63) is 29.9 Å². The van der Waals surface area contributed by atoms with Crippen LogP contribution < -0.4 is 0 Å². The minimum atomic E-state index is 0.881. The van der Waals surface area contributed by atoms with Gasteiger partial charge in [-0.2, -0.15) is 0 Å². The van der Waals surface area contributed by atoms with E-state index >= 15 is 0 Å². The number of furan rings is 1. The quantitative estimate of drug-likeness (QED) is 0.464. The van der Waals surface area contributed by atoms with Gasteiger partial charge < -0.3 is 4.42 Å². The highest BCUT2D eigenvalue weighted by Crippen LogP contribution is 2.26. The van der Waals surface area contributed by atoms with Crippen molar-refractivity contribution < 1.29 is 4.42 Å². The molecule has 2 nitrogen and oxygen atoms in total. The van der Waals surface area contributed by atoms with Crippen LogP contribution in [0.15, 0.2) is 22.8 Å². The lowest BCUT2D eigenvalue weighted by Crippen LogP contribution is -1.78. The average molecular weight is 131 g/mol. The minimum absolute atomic E-state index is 0.881. The normalized spacial score (nSPS) is 13.6. The first-order chi connectivity index (χ1) is 4.93. The molecule has 3 rings (SSSR count). The van der Waals surface area contributed by atoms with Crippen molar-refractivity contribution in [2.24, 2.45) is 0 Å². The Hall–Kier alpha value is -1.31. The van der Waals surface area contributed by atoms with E-state index in [2.05, 4.69) is 11.1 Å². The Bertz CT molecular complexity index is 403. The molecule has 0 spiro atoms. The second-order valence-corrected chi connectivity index (χ2v) is 2.58. The third-order valence-electron chi connectivity index (χ3n) is 1.92. The van der Waals surface area contributed by atoms with Gasteiger partial charge >= 0.3 is 0 Å². The van der Waals surface area contributed by atoms with Crippen LogP contribution in [0.2, 0.25) is 0 Å². The molecule has 0 N–H and O–H groups in total. The highest BCUT2D eigenvalue weighted by molar-refractivity contribution is 5.82. The van der Waals surface area contributed by atoms with Crippen LogP contribution >= 0.6 is 0 Å². The molecule has 10 heavy (non-hydrogen) atoms. The van der Waals surface area contributed by atoms with Crippen LogP contribution in [0.4, 0.5) is 0 Å². The van der Waals surface area contributed by atoms with E-state index in [1.807, 2.05) is 6.07 Å². The molecule has 0 aromatic carbocycles. The second-order valence-electron chi connectivity index (χ2n) is 2.58. The van der Waals surface area contributed by atoms with Gasteiger partial charge in [0.25, 0.3) is 0 Å². The molecule has 0 amide bonds. The van der Waals surface area contributed by atoms with E-state index in [0.717, 1.165) is 28.8 Å². The zero-order valence-corrected chi connectivity index (χ0v) is 5.29. The Morgan fingerprint density at radius 3 is 3.40 bits per heavy atom. The summed E-state index contributed by atoms with van der Waals surface area (Å²) in [6.45, 7) is 0. The molecule has 0 saturated carbocycles. The Morgan fingerprint density at radius 2 is 2.40 bits per heavy atom. The Morgan fingerprint density at radius 1 is 1.40 bits per heavy atom. The zero-order valence-electron chi connectivity index (χ0n) is 5.29. The van der Waals surface area contributed by atoms with Gasteiger partial charge in [-0.15, -0.1) is 0 Å². The standard InChI is InChI=1S/C8H5NO/c1-2-6-3-7-8(9-6)5(1)4-10-7/h1-2,4H,3H2.